The lowest BCUT2D eigenvalue weighted by atomic mass is 10.1. The molecule has 1 amide bonds. The van der Waals surface area contributed by atoms with Crippen LogP contribution < -0.4 is 5.32 Å². The molecule has 0 fully saturated rings. The van der Waals surface area contributed by atoms with E-state index in [0.717, 1.165) is 16.7 Å². The summed E-state index contributed by atoms with van der Waals surface area (Å²) in [6.07, 6.45) is -0.749. The van der Waals surface area contributed by atoms with Crippen molar-refractivity contribution in [1.29, 1.82) is 0 Å². The first-order valence-corrected chi connectivity index (χ1v) is 13.5. The van der Waals surface area contributed by atoms with Crippen molar-refractivity contribution in [1.82, 2.24) is 4.31 Å². The number of amides is 1. The Bertz CT molecular complexity index is 1450. The van der Waals surface area contributed by atoms with Crippen molar-refractivity contribution in [2.75, 3.05) is 11.9 Å². The Balaban J connectivity index is 1.44. The van der Waals surface area contributed by atoms with Crippen molar-refractivity contribution < 1.29 is 22.7 Å². The number of aryl methyl sites for hydroxylation is 1. The normalized spacial score (nSPS) is 11.2. The summed E-state index contributed by atoms with van der Waals surface area (Å²) in [5.74, 6) is -0.446. The molecule has 38 heavy (non-hydrogen) atoms. The highest BCUT2D eigenvalue weighted by Crippen LogP contribution is 2.22. The van der Waals surface area contributed by atoms with E-state index in [0.29, 0.717) is 5.69 Å². The molecule has 0 heterocycles. The van der Waals surface area contributed by atoms with Crippen LogP contribution in [0.3, 0.4) is 0 Å². The lowest BCUT2D eigenvalue weighted by Crippen LogP contribution is -2.30. The molecule has 0 atom stereocenters. The summed E-state index contributed by atoms with van der Waals surface area (Å²) >= 11 is 0. The number of nitrogens with zero attached hydrogens (tertiary/aromatic N) is 1. The van der Waals surface area contributed by atoms with Crippen LogP contribution in [0.2, 0.25) is 0 Å². The maximum absolute atomic E-state index is 13.6. The van der Waals surface area contributed by atoms with Gasteiger partial charge in [-0.05, 0) is 60.0 Å². The topological polar surface area (TPSA) is 92.8 Å². The predicted octanol–water partition coefficient (Wildman–Crippen LogP) is 5.82. The standard InChI is InChI=1S/C30H28N2O5S/c1-23-9-8-14-27(19-23)31-30(34)37-22-29(33)26-15-17-28(18-16-26)38(35,36)32(20-24-10-4-2-5-11-24)21-25-12-6-3-7-13-25/h2-19H,20-22H2,1H3,(H,31,34). The highest BCUT2D eigenvalue weighted by molar-refractivity contribution is 7.89. The number of rotatable bonds is 10. The number of nitrogens with one attached hydrogen (secondary N) is 1. The van der Waals surface area contributed by atoms with Crippen LogP contribution in [-0.4, -0.2) is 31.2 Å². The van der Waals surface area contributed by atoms with Crippen LogP contribution in [0.4, 0.5) is 10.5 Å². The zero-order chi connectivity index (χ0) is 27.0. The van der Waals surface area contributed by atoms with Gasteiger partial charge in [-0.1, -0.05) is 72.8 Å². The lowest BCUT2D eigenvalue weighted by molar-refractivity contribution is 0.0863. The fourth-order valence-electron chi connectivity index (χ4n) is 3.85. The van der Waals surface area contributed by atoms with E-state index in [1.165, 1.54) is 28.6 Å². The molecule has 0 bridgehead atoms. The molecule has 4 aromatic rings. The number of hydrogen-bond donors (Lipinski definition) is 1. The number of anilines is 1. The van der Waals surface area contributed by atoms with E-state index in [4.69, 9.17) is 4.74 Å². The van der Waals surface area contributed by atoms with Crippen LogP contribution >= 0.6 is 0 Å². The van der Waals surface area contributed by atoms with E-state index >= 15 is 0 Å². The van der Waals surface area contributed by atoms with Gasteiger partial charge in [0, 0.05) is 24.3 Å². The average molecular weight is 529 g/mol. The van der Waals surface area contributed by atoms with Crippen molar-refractivity contribution in [3.8, 4) is 0 Å². The van der Waals surface area contributed by atoms with Gasteiger partial charge in [-0.25, -0.2) is 13.2 Å². The third-order valence-electron chi connectivity index (χ3n) is 5.82. The fraction of sp³-hybridized carbons (Fsp3) is 0.133. The summed E-state index contributed by atoms with van der Waals surface area (Å²) in [5.41, 5.74) is 3.50. The molecular formula is C30H28N2O5S. The second kappa shape index (κ2) is 12.3. The zero-order valence-corrected chi connectivity index (χ0v) is 21.7. The van der Waals surface area contributed by atoms with Gasteiger partial charge < -0.3 is 4.74 Å². The molecule has 0 spiro atoms. The van der Waals surface area contributed by atoms with Gasteiger partial charge in [0.2, 0.25) is 10.0 Å². The van der Waals surface area contributed by atoms with Crippen LogP contribution in [0.15, 0.2) is 114 Å². The number of benzene rings is 4. The Hall–Kier alpha value is -4.27. The maximum atomic E-state index is 13.6. The van der Waals surface area contributed by atoms with Gasteiger partial charge in [0.05, 0.1) is 4.90 Å². The second-order valence-corrected chi connectivity index (χ2v) is 10.7. The fourth-order valence-corrected chi connectivity index (χ4v) is 5.27. The van der Waals surface area contributed by atoms with E-state index in [2.05, 4.69) is 5.32 Å². The Kier molecular flexibility index (Phi) is 8.68. The number of ether oxygens (including phenoxy) is 1. The van der Waals surface area contributed by atoms with Crippen LogP contribution in [0.1, 0.15) is 27.0 Å². The predicted molar refractivity (Wildman–Crippen MR) is 146 cm³/mol. The summed E-state index contributed by atoms with van der Waals surface area (Å²) in [6, 6.07) is 31.6. The van der Waals surface area contributed by atoms with Crippen molar-refractivity contribution in [2.24, 2.45) is 0 Å². The second-order valence-electron chi connectivity index (χ2n) is 8.76. The molecule has 194 valence electrons. The highest BCUT2D eigenvalue weighted by atomic mass is 32.2. The van der Waals surface area contributed by atoms with Crippen molar-refractivity contribution in [3.63, 3.8) is 0 Å². The van der Waals surface area contributed by atoms with E-state index < -0.39 is 28.5 Å². The summed E-state index contributed by atoms with van der Waals surface area (Å²) in [6.45, 7) is 1.82. The summed E-state index contributed by atoms with van der Waals surface area (Å²) in [4.78, 5) is 24.7. The van der Waals surface area contributed by atoms with Gasteiger partial charge in [-0.3, -0.25) is 10.1 Å². The molecular weight excluding hydrogens is 500 g/mol. The van der Waals surface area contributed by atoms with Gasteiger partial charge in [-0.15, -0.1) is 0 Å². The first-order valence-electron chi connectivity index (χ1n) is 12.0. The molecule has 0 radical (unpaired) electrons. The Morgan fingerprint density at radius 3 is 1.89 bits per heavy atom. The SMILES string of the molecule is Cc1cccc(NC(=O)OCC(=O)c2ccc(S(=O)(=O)N(Cc3ccccc3)Cc3ccccc3)cc2)c1. The molecule has 1 N–H and O–H groups in total. The summed E-state index contributed by atoms with van der Waals surface area (Å²) in [7, 11) is -3.88. The minimum absolute atomic E-state index is 0.0685. The van der Waals surface area contributed by atoms with E-state index in [-0.39, 0.29) is 23.5 Å². The number of ketones is 1. The monoisotopic (exact) mass is 528 g/mol. The summed E-state index contributed by atoms with van der Waals surface area (Å²) < 4.78 is 33.7. The number of sulfonamides is 1. The van der Waals surface area contributed by atoms with Crippen LogP contribution in [-0.2, 0) is 27.8 Å². The largest absolute Gasteiger partial charge is 0.441 e. The zero-order valence-electron chi connectivity index (χ0n) is 20.9. The highest BCUT2D eigenvalue weighted by Gasteiger charge is 2.25. The molecule has 4 aromatic carbocycles. The van der Waals surface area contributed by atoms with Gasteiger partial charge in [-0.2, -0.15) is 4.31 Å². The molecule has 0 aliphatic rings. The Morgan fingerprint density at radius 2 is 1.34 bits per heavy atom. The van der Waals surface area contributed by atoms with Crippen molar-refractivity contribution in [3.05, 3.63) is 131 Å². The molecule has 7 nitrogen and oxygen atoms in total. The van der Waals surface area contributed by atoms with Crippen LogP contribution in [0, 0.1) is 6.92 Å². The molecule has 0 aromatic heterocycles. The third-order valence-corrected chi connectivity index (χ3v) is 7.62. The quantitative estimate of drug-likeness (QED) is 0.262. The van der Waals surface area contributed by atoms with Crippen LogP contribution in [0.25, 0.3) is 0 Å². The summed E-state index contributed by atoms with van der Waals surface area (Å²) in [5, 5.41) is 2.57. The first kappa shape index (κ1) is 26.8. The minimum Gasteiger partial charge on any atom is -0.441 e. The van der Waals surface area contributed by atoms with Gasteiger partial charge >= 0.3 is 6.09 Å². The molecule has 0 saturated carbocycles. The van der Waals surface area contributed by atoms with Crippen molar-refractivity contribution in [2.45, 2.75) is 24.9 Å². The molecule has 4 rings (SSSR count). The molecule has 0 unspecified atom stereocenters. The smallest absolute Gasteiger partial charge is 0.412 e. The average Bonchev–Trinajstić information content (AvgIpc) is 2.92. The Labute approximate surface area is 222 Å². The third kappa shape index (κ3) is 7.15. The van der Waals surface area contributed by atoms with Crippen molar-refractivity contribution >= 4 is 27.6 Å². The van der Waals surface area contributed by atoms with Gasteiger partial charge in [0.15, 0.2) is 12.4 Å². The first-order chi connectivity index (χ1) is 18.3. The lowest BCUT2D eigenvalue weighted by Gasteiger charge is -2.23. The van der Waals surface area contributed by atoms with Gasteiger partial charge in [0.1, 0.15) is 0 Å². The Morgan fingerprint density at radius 1 is 0.763 bits per heavy atom. The number of hydrogen-bond acceptors (Lipinski definition) is 5. The minimum atomic E-state index is -3.88. The van der Waals surface area contributed by atoms with E-state index in [1.807, 2.05) is 73.7 Å². The number of Topliss-reactive ketones (excluding diaryl/α,β-unsaturated/α-hetero) is 1. The number of carbonyl (C=O) groups excluding carboxylic acids is 2. The van der Waals surface area contributed by atoms with E-state index in [9.17, 15) is 18.0 Å². The maximum Gasteiger partial charge on any atom is 0.412 e. The van der Waals surface area contributed by atoms with Crippen LogP contribution in [0.5, 0.6) is 0 Å². The molecule has 0 saturated heterocycles. The number of carbonyl (C=O) groups is 2. The molecule has 8 heteroatoms. The van der Waals surface area contributed by atoms with E-state index in [1.54, 1.807) is 18.2 Å². The molecule has 0 aliphatic carbocycles. The molecule has 0 aliphatic heterocycles. The van der Waals surface area contributed by atoms with Gasteiger partial charge in [0.25, 0.3) is 0 Å².